The number of hydrogen-bond acceptors (Lipinski definition) is 4. The second-order valence-electron chi connectivity index (χ2n) is 6.29. The van der Waals surface area contributed by atoms with Gasteiger partial charge in [0.2, 0.25) is 5.91 Å². The van der Waals surface area contributed by atoms with Gasteiger partial charge in [0, 0.05) is 37.8 Å². The van der Waals surface area contributed by atoms with Gasteiger partial charge in [0.05, 0.1) is 6.42 Å². The van der Waals surface area contributed by atoms with Crippen LogP contribution in [0.15, 0.2) is 18.5 Å². The SMILES string of the molecule is Cn1c(Cn2cccn2)nnc1C1CC(NC(=O)CCC(F)(F)F)C1. The first-order valence-electron chi connectivity index (χ1n) is 8.03. The van der Waals surface area contributed by atoms with E-state index in [0.29, 0.717) is 19.4 Å². The van der Waals surface area contributed by atoms with Crippen LogP contribution in [0.4, 0.5) is 13.2 Å². The fourth-order valence-electron chi connectivity index (χ4n) is 2.91. The zero-order chi connectivity index (χ0) is 18.0. The molecule has 2 heterocycles. The predicted octanol–water partition coefficient (Wildman–Crippen LogP) is 1.76. The molecular weight excluding hydrogens is 337 g/mol. The first kappa shape index (κ1) is 17.4. The van der Waals surface area contributed by atoms with Crippen molar-refractivity contribution in [3.05, 3.63) is 30.1 Å². The number of amides is 1. The zero-order valence-electron chi connectivity index (χ0n) is 13.7. The maximum atomic E-state index is 12.1. The monoisotopic (exact) mass is 356 g/mol. The van der Waals surface area contributed by atoms with Crippen molar-refractivity contribution >= 4 is 5.91 Å². The molecule has 0 bridgehead atoms. The fraction of sp³-hybridized carbons (Fsp3) is 0.600. The number of carbonyl (C=O) groups is 1. The molecule has 0 aromatic carbocycles. The molecule has 1 amide bonds. The lowest BCUT2D eigenvalue weighted by Crippen LogP contribution is -2.44. The minimum Gasteiger partial charge on any atom is -0.353 e. The molecule has 7 nitrogen and oxygen atoms in total. The van der Waals surface area contributed by atoms with Crippen molar-refractivity contribution < 1.29 is 18.0 Å². The van der Waals surface area contributed by atoms with E-state index in [0.717, 1.165) is 11.6 Å². The maximum Gasteiger partial charge on any atom is 0.389 e. The van der Waals surface area contributed by atoms with E-state index in [1.165, 1.54) is 0 Å². The summed E-state index contributed by atoms with van der Waals surface area (Å²) in [5.41, 5.74) is 0. The van der Waals surface area contributed by atoms with E-state index < -0.39 is 24.9 Å². The summed E-state index contributed by atoms with van der Waals surface area (Å²) in [7, 11) is 1.88. The summed E-state index contributed by atoms with van der Waals surface area (Å²) >= 11 is 0. The first-order chi connectivity index (χ1) is 11.8. The average Bonchev–Trinajstić information content (AvgIpc) is 3.12. The Labute approximate surface area is 142 Å². The summed E-state index contributed by atoms with van der Waals surface area (Å²) < 4.78 is 40.0. The van der Waals surface area contributed by atoms with Gasteiger partial charge in [-0.2, -0.15) is 18.3 Å². The lowest BCUT2D eigenvalue weighted by Gasteiger charge is -2.35. The molecule has 0 spiro atoms. The minimum absolute atomic E-state index is 0.100. The standard InChI is InChI=1S/C15H19F3N6O/c1-23-12(9-24-6-2-5-19-24)21-22-14(23)10-7-11(8-10)20-13(25)3-4-15(16,17)18/h2,5-6,10-11H,3-4,7-9H2,1H3,(H,20,25). The Bertz CT molecular complexity index is 718. The molecule has 2 aromatic heterocycles. The summed E-state index contributed by atoms with van der Waals surface area (Å²) in [4.78, 5) is 11.5. The van der Waals surface area contributed by atoms with Crippen molar-refractivity contribution in [3.8, 4) is 0 Å². The van der Waals surface area contributed by atoms with E-state index in [-0.39, 0.29) is 12.0 Å². The highest BCUT2D eigenvalue weighted by atomic mass is 19.4. The Balaban J connectivity index is 1.48. The summed E-state index contributed by atoms with van der Waals surface area (Å²) in [6, 6.07) is 1.73. The van der Waals surface area contributed by atoms with Crippen LogP contribution in [-0.4, -0.2) is 42.7 Å². The number of aromatic nitrogens is 5. The van der Waals surface area contributed by atoms with Crippen LogP contribution in [0.5, 0.6) is 0 Å². The van der Waals surface area contributed by atoms with E-state index in [9.17, 15) is 18.0 Å². The summed E-state index contributed by atoms with van der Waals surface area (Å²) in [5, 5.41) is 15.2. The zero-order valence-corrected chi connectivity index (χ0v) is 13.7. The molecule has 0 unspecified atom stereocenters. The topological polar surface area (TPSA) is 77.6 Å². The molecule has 1 saturated carbocycles. The largest absolute Gasteiger partial charge is 0.389 e. The molecule has 1 fully saturated rings. The smallest absolute Gasteiger partial charge is 0.353 e. The Hall–Kier alpha value is -2.39. The van der Waals surface area contributed by atoms with Crippen LogP contribution < -0.4 is 5.32 Å². The normalized spacial score (nSPS) is 20.3. The molecule has 2 aromatic rings. The Morgan fingerprint density at radius 1 is 1.36 bits per heavy atom. The van der Waals surface area contributed by atoms with Crippen molar-refractivity contribution in [2.75, 3.05) is 0 Å². The van der Waals surface area contributed by atoms with Crippen molar-refractivity contribution in [1.29, 1.82) is 0 Å². The van der Waals surface area contributed by atoms with Gasteiger partial charge in [-0.15, -0.1) is 10.2 Å². The van der Waals surface area contributed by atoms with Crippen LogP contribution in [-0.2, 0) is 18.4 Å². The number of halogens is 3. The van der Waals surface area contributed by atoms with E-state index in [1.54, 1.807) is 10.9 Å². The summed E-state index contributed by atoms with van der Waals surface area (Å²) in [6.07, 6.45) is -1.07. The van der Waals surface area contributed by atoms with Crippen molar-refractivity contribution in [2.45, 2.75) is 50.4 Å². The lowest BCUT2D eigenvalue weighted by molar-refractivity contribution is -0.144. The third-order valence-electron chi connectivity index (χ3n) is 4.37. The van der Waals surface area contributed by atoms with Crippen LogP contribution in [0.2, 0.25) is 0 Å². The molecule has 1 aliphatic rings. The van der Waals surface area contributed by atoms with Crippen LogP contribution in [0.1, 0.15) is 43.3 Å². The van der Waals surface area contributed by atoms with Crippen LogP contribution in [0.3, 0.4) is 0 Å². The molecule has 0 atom stereocenters. The molecule has 136 valence electrons. The highest BCUT2D eigenvalue weighted by Gasteiger charge is 2.35. The molecular formula is C15H19F3N6O. The van der Waals surface area contributed by atoms with Gasteiger partial charge in [-0.25, -0.2) is 0 Å². The molecule has 0 radical (unpaired) electrons. The quantitative estimate of drug-likeness (QED) is 0.856. The van der Waals surface area contributed by atoms with E-state index in [1.807, 2.05) is 23.9 Å². The minimum atomic E-state index is -4.30. The molecule has 1 aliphatic carbocycles. The van der Waals surface area contributed by atoms with Crippen molar-refractivity contribution in [3.63, 3.8) is 0 Å². The highest BCUT2D eigenvalue weighted by molar-refractivity contribution is 5.76. The third kappa shape index (κ3) is 4.37. The fourth-order valence-corrected chi connectivity index (χ4v) is 2.91. The van der Waals surface area contributed by atoms with Crippen LogP contribution in [0, 0.1) is 0 Å². The molecule has 0 aliphatic heterocycles. The Kier molecular flexibility index (Phi) is 4.78. The van der Waals surface area contributed by atoms with E-state index >= 15 is 0 Å². The molecule has 3 rings (SSSR count). The average molecular weight is 356 g/mol. The van der Waals surface area contributed by atoms with Gasteiger partial charge in [-0.1, -0.05) is 0 Å². The summed E-state index contributed by atoms with van der Waals surface area (Å²) in [5.74, 6) is 1.19. The summed E-state index contributed by atoms with van der Waals surface area (Å²) in [6.45, 7) is 0.515. The molecule has 25 heavy (non-hydrogen) atoms. The molecule has 0 saturated heterocycles. The number of carbonyl (C=O) groups excluding carboxylic acids is 1. The highest BCUT2D eigenvalue weighted by Crippen LogP contribution is 2.36. The molecule has 10 heteroatoms. The van der Waals surface area contributed by atoms with E-state index in [4.69, 9.17) is 0 Å². The maximum absolute atomic E-state index is 12.1. The number of alkyl halides is 3. The van der Waals surface area contributed by atoms with Gasteiger partial charge in [-0.3, -0.25) is 9.48 Å². The van der Waals surface area contributed by atoms with Crippen molar-refractivity contribution in [1.82, 2.24) is 29.9 Å². The van der Waals surface area contributed by atoms with Gasteiger partial charge < -0.3 is 9.88 Å². The second-order valence-corrected chi connectivity index (χ2v) is 6.29. The Morgan fingerprint density at radius 2 is 2.12 bits per heavy atom. The number of nitrogens with one attached hydrogen (secondary N) is 1. The first-order valence-corrected chi connectivity index (χ1v) is 8.03. The van der Waals surface area contributed by atoms with Gasteiger partial charge in [0.1, 0.15) is 12.4 Å². The lowest BCUT2D eigenvalue weighted by atomic mass is 9.79. The second kappa shape index (κ2) is 6.85. The van der Waals surface area contributed by atoms with Gasteiger partial charge in [-0.05, 0) is 18.9 Å². The van der Waals surface area contributed by atoms with Gasteiger partial charge in [0.25, 0.3) is 0 Å². The predicted molar refractivity (Wildman–Crippen MR) is 81.5 cm³/mol. The third-order valence-corrected chi connectivity index (χ3v) is 4.37. The van der Waals surface area contributed by atoms with Crippen LogP contribution >= 0.6 is 0 Å². The van der Waals surface area contributed by atoms with Gasteiger partial charge in [0.15, 0.2) is 5.82 Å². The van der Waals surface area contributed by atoms with Crippen molar-refractivity contribution in [2.24, 2.45) is 7.05 Å². The molecule has 1 N–H and O–H groups in total. The number of hydrogen-bond donors (Lipinski definition) is 1. The van der Waals surface area contributed by atoms with E-state index in [2.05, 4.69) is 20.6 Å². The van der Waals surface area contributed by atoms with Crippen LogP contribution in [0.25, 0.3) is 0 Å². The van der Waals surface area contributed by atoms with Gasteiger partial charge >= 0.3 is 6.18 Å². The number of nitrogens with zero attached hydrogens (tertiary/aromatic N) is 5. The number of rotatable bonds is 6. The Morgan fingerprint density at radius 3 is 2.76 bits per heavy atom.